The van der Waals surface area contributed by atoms with Crippen LogP contribution in [0.5, 0.6) is 0 Å². The van der Waals surface area contributed by atoms with Gasteiger partial charge in [0.25, 0.3) is 0 Å². The zero-order valence-corrected chi connectivity index (χ0v) is 27.1. The van der Waals surface area contributed by atoms with E-state index < -0.39 is 0 Å². The molecule has 0 amide bonds. The summed E-state index contributed by atoms with van der Waals surface area (Å²) >= 11 is 1.84. The summed E-state index contributed by atoms with van der Waals surface area (Å²) in [6.45, 7) is 0. The fourth-order valence-corrected chi connectivity index (χ4v) is 8.17. The average Bonchev–Trinajstić information content (AvgIpc) is 3.87. The van der Waals surface area contributed by atoms with Crippen LogP contribution >= 0.6 is 11.3 Å². The van der Waals surface area contributed by atoms with E-state index in [1.165, 1.54) is 36.9 Å². The normalized spacial score (nSPS) is 12.2. The lowest BCUT2D eigenvalue weighted by atomic mass is 9.89. The van der Waals surface area contributed by atoms with Crippen molar-refractivity contribution in [1.29, 1.82) is 0 Å². The molecule has 0 unspecified atom stereocenters. The molecule has 0 aliphatic heterocycles. The molecule has 3 aromatic heterocycles. The maximum Gasteiger partial charge on any atom is 0.227 e. The molecule has 230 valence electrons. The molecule has 4 heteroatoms. The number of rotatable bonds is 5. The summed E-state index contributed by atoms with van der Waals surface area (Å²) in [5, 5.41) is 4.63. The Morgan fingerprint density at radius 3 is 2.16 bits per heavy atom. The maximum atomic E-state index is 6.34. The van der Waals surface area contributed by atoms with Crippen molar-refractivity contribution in [3.05, 3.63) is 174 Å². The Morgan fingerprint density at radius 2 is 1.27 bits per heavy atom. The predicted molar refractivity (Wildman–Crippen MR) is 205 cm³/mol. The number of hydrogen-bond acceptors (Lipinski definition) is 4. The molecular formula is C45H27NO2S. The summed E-state index contributed by atoms with van der Waals surface area (Å²) in [5.41, 5.74) is 11.1. The standard InChI is InChI=1S/C45H27NO2S/c1-2-10-29(11-3-1)32-12-4-5-13-33(32)37(26-28-18-23-35-34-14-7-9-17-41(34)49-42(35)27-28)30-19-21-31(22-20-30)45-46-44-40(48-45)25-24-39-43(44)36-15-6-8-16-38(36)47-39/h1-27H/b37-26-. The zero-order chi connectivity index (χ0) is 32.3. The smallest absolute Gasteiger partial charge is 0.227 e. The number of fused-ring (bicyclic) bond motifs is 8. The molecule has 10 rings (SSSR count). The first-order chi connectivity index (χ1) is 24.3. The van der Waals surface area contributed by atoms with Crippen molar-refractivity contribution in [1.82, 2.24) is 4.98 Å². The molecule has 0 radical (unpaired) electrons. The lowest BCUT2D eigenvalue weighted by Crippen LogP contribution is -1.93. The maximum absolute atomic E-state index is 6.34. The molecule has 0 saturated carbocycles. The highest BCUT2D eigenvalue weighted by molar-refractivity contribution is 7.25. The Balaban J connectivity index is 1.11. The molecule has 0 fully saturated rings. The van der Waals surface area contributed by atoms with Gasteiger partial charge in [-0.15, -0.1) is 11.3 Å². The van der Waals surface area contributed by atoms with Gasteiger partial charge in [-0.25, -0.2) is 4.98 Å². The van der Waals surface area contributed by atoms with Gasteiger partial charge in [-0.3, -0.25) is 0 Å². The van der Waals surface area contributed by atoms with E-state index in [0.29, 0.717) is 5.89 Å². The molecule has 3 nitrogen and oxygen atoms in total. The molecule has 7 aromatic carbocycles. The van der Waals surface area contributed by atoms with Crippen LogP contribution in [-0.4, -0.2) is 4.98 Å². The molecule has 10 aromatic rings. The van der Waals surface area contributed by atoms with Crippen LogP contribution in [0.1, 0.15) is 16.7 Å². The highest BCUT2D eigenvalue weighted by Crippen LogP contribution is 2.39. The molecule has 49 heavy (non-hydrogen) atoms. The summed E-state index contributed by atoms with van der Waals surface area (Å²) in [4.78, 5) is 4.99. The van der Waals surface area contributed by atoms with Crippen molar-refractivity contribution in [2.24, 2.45) is 0 Å². The van der Waals surface area contributed by atoms with Crippen LogP contribution in [-0.2, 0) is 0 Å². The van der Waals surface area contributed by atoms with Crippen molar-refractivity contribution >= 4 is 76.2 Å². The fraction of sp³-hybridized carbons (Fsp3) is 0. The van der Waals surface area contributed by atoms with Crippen LogP contribution in [0.3, 0.4) is 0 Å². The van der Waals surface area contributed by atoms with Crippen LogP contribution in [0.25, 0.3) is 87.4 Å². The monoisotopic (exact) mass is 645 g/mol. The van der Waals surface area contributed by atoms with Gasteiger partial charge >= 0.3 is 0 Å². The third-order valence-corrected chi connectivity index (χ3v) is 10.5. The third-order valence-electron chi connectivity index (χ3n) is 9.36. The second kappa shape index (κ2) is 11.2. The Labute approximate surface area is 286 Å². The molecule has 0 saturated heterocycles. The summed E-state index contributed by atoms with van der Waals surface area (Å²) < 4.78 is 15.0. The van der Waals surface area contributed by atoms with Crippen LogP contribution < -0.4 is 0 Å². The Bertz CT molecular complexity index is 2870. The van der Waals surface area contributed by atoms with Crippen molar-refractivity contribution < 1.29 is 8.83 Å². The van der Waals surface area contributed by atoms with Gasteiger partial charge in [-0.2, -0.15) is 0 Å². The van der Waals surface area contributed by atoms with E-state index in [-0.39, 0.29) is 0 Å². The quantitative estimate of drug-likeness (QED) is 0.175. The van der Waals surface area contributed by atoms with Crippen molar-refractivity contribution in [2.75, 3.05) is 0 Å². The minimum absolute atomic E-state index is 0.588. The Kier molecular flexibility index (Phi) is 6.36. The van der Waals surface area contributed by atoms with Gasteiger partial charge in [0.05, 0.1) is 5.39 Å². The number of nitrogens with zero attached hydrogens (tertiary/aromatic N) is 1. The highest BCUT2D eigenvalue weighted by atomic mass is 32.1. The van der Waals surface area contributed by atoms with E-state index in [0.717, 1.165) is 55.3 Å². The summed E-state index contributed by atoms with van der Waals surface area (Å²) in [6, 6.07) is 55.3. The third kappa shape index (κ3) is 4.68. The number of oxazole rings is 1. The predicted octanol–water partition coefficient (Wildman–Crippen LogP) is 13.0. The van der Waals surface area contributed by atoms with Crippen LogP contribution in [0.15, 0.2) is 167 Å². The largest absolute Gasteiger partial charge is 0.456 e. The lowest BCUT2D eigenvalue weighted by molar-refractivity contribution is 0.619. The van der Waals surface area contributed by atoms with Gasteiger partial charge in [0.1, 0.15) is 16.7 Å². The van der Waals surface area contributed by atoms with E-state index in [1.807, 2.05) is 41.7 Å². The minimum Gasteiger partial charge on any atom is -0.456 e. The molecule has 0 aliphatic rings. The van der Waals surface area contributed by atoms with Crippen molar-refractivity contribution in [3.63, 3.8) is 0 Å². The SMILES string of the molecule is C(=C(\c1ccc(-c2nc3c(ccc4oc5ccccc5c43)o2)cc1)c1ccccc1-c1ccccc1)/c1ccc2c(c1)sc1ccccc12. The Morgan fingerprint density at radius 1 is 0.531 bits per heavy atom. The molecule has 0 aliphatic carbocycles. The highest BCUT2D eigenvalue weighted by Gasteiger charge is 2.17. The number of aromatic nitrogens is 1. The van der Waals surface area contributed by atoms with Crippen molar-refractivity contribution in [2.45, 2.75) is 0 Å². The first-order valence-corrected chi connectivity index (χ1v) is 17.2. The Hall–Kier alpha value is -6.23. The number of hydrogen-bond donors (Lipinski definition) is 0. The van der Waals surface area contributed by atoms with Gasteiger partial charge in [0.2, 0.25) is 5.89 Å². The summed E-state index contributed by atoms with van der Waals surface area (Å²) in [6.07, 6.45) is 2.32. The van der Waals surface area contributed by atoms with Crippen LogP contribution in [0.2, 0.25) is 0 Å². The zero-order valence-electron chi connectivity index (χ0n) is 26.3. The fourth-order valence-electron chi connectivity index (χ4n) is 7.02. The lowest BCUT2D eigenvalue weighted by Gasteiger charge is -2.15. The summed E-state index contributed by atoms with van der Waals surface area (Å²) in [7, 11) is 0. The number of para-hydroxylation sites is 1. The topological polar surface area (TPSA) is 39.2 Å². The van der Waals surface area contributed by atoms with E-state index in [9.17, 15) is 0 Å². The van der Waals surface area contributed by atoms with Gasteiger partial charge in [-0.05, 0) is 81.9 Å². The molecule has 0 N–H and O–H groups in total. The second-order valence-corrected chi connectivity index (χ2v) is 13.4. The molecule has 0 spiro atoms. The van der Waals surface area contributed by atoms with Gasteiger partial charge < -0.3 is 8.83 Å². The van der Waals surface area contributed by atoms with Crippen molar-refractivity contribution in [3.8, 4) is 22.6 Å². The van der Waals surface area contributed by atoms with Gasteiger partial charge in [0.15, 0.2) is 5.58 Å². The second-order valence-electron chi connectivity index (χ2n) is 12.3. The molecular weight excluding hydrogens is 619 g/mol. The average molecular weight is 646 g/mol. The molecule has 3 heterocycles. The first-order valence-electron chi connectivity index (χ1n) is 16.4. The molecule has 0 bridgehead atoms. The van der Waals surface area contributed by atoms with E-state index >= 15 is 0 Å². The van der Waals surface area contributed by atoms with E-state index in [2.05, 4.69) is 133 Å². The van der Waals surface area contributed by atoms with Gasteiger partial charge in [0, 0.05) is 31.1 Å². The van der Waals surface area contributed by atoms with Crippen LogP contribution in [0, 0.1) is 0 Å². The minimum atomic E-state index is 0.588. The number of thiophene rings is 1. The van der Waals surface area contributed by atoms with Crippen LogP contribution in [0.4, 0.5) is 0 Å². The number of furan rings is 1. The van der Waals surface area contributed by atoms with E-state index in [1.54, 1.807) is 0 Å². The van der Waals surface area contributed by atoms with E-state index in [4.69, 9.17) is 13.8 Å². The van der Waals surface area contributed by atoms with Gasteiger partial charge in [-0.1, -0.05) is 115 Å². The summed E-state index contributed by atoms with van der Waals surface area (Å²) in [5.74, 6) is 0.588. The molecule has 0 atom stereocenters. The first kappa shape index (κ1) is 27.8. The number of benzene rings is 7.